The monoisotopic (exact) mass is 387 g/mol. The Labute approximate surface area is 160 Å². The van der Waals surface area contributed by atoms with Gasteiger partial charge in [0.25, 0.3) is 5.91 Å². The topological polar surface area (TPSA) is 70.2 Å². The lowest BCUT2D eigenvalue weighted by atomic mass is 9.81. The molecule has 25 heavy (non-hydrogen) atoms. The van der Waals surface area contributed by atoms with Crippen molar-refractivity contribution in [2.45, 2.75) is 33.6 Å². The fourth-order valence-corrected chi connectivity index (χ4v) is 2.86. The second kappa shape index (κ2) is 9.41. The van der Waals surface area contributed by atoms with Crippen LogP contribution >= 0.6 is 24.0 Å². The second-order valence-corrected chi connectivity index (χ2v) is 7.49. The number of piperidine rings is 1. The molecule has 1 heterocycles. The van der Waals surface area contributed by atoms with Crippen LogP contribution in [0.2, 0.25) is 5.02 Å². The smallest absolute Gasteiger partial charge is 0.252 e. The van der Waals surface area contributed by atoms with Crippen molar-refractivity contribution in [2.75, 3.05) is 25.0 Å². The zero-order valence-corrected chi connectivity index (χ0v) is 16.5. The highest BCUT2D eigenvalue weighted by Crippen LogP contribution is 2.27. The Bertz CT molecular complexity index is 614. The fraction of sp³-hybridized carbons (Fsp3) is 0.556. The number of rotatable bonds is 5. The molecular formula is C18H27Cl2N3O2. The van der Waals surface area contributed by atoms with Crippen molar-refractivity contribution >= 4 is 41.5 Å². The van der Waals surface area contributed by atoms with E-state index >= 15 is 0 Å². The zero-order chi connectivity index (χ0) is 17.7. The van der Waals surface area contributed by atoms with Crippen molar-refractivity contribution in [1.82, 2.24) is 10.6 Å². The van der Waals surface area contributed by atoms with E-state index in [0.29, 0.717) is 22.8 Å². The van der Waals surface area contributed by atoms with E-state index in [4.69, 9.17) is 11.6 Å². The molecule has 3 N–H and O–H groups in total. The lowest BCUT2D eigenvalue weighted by molar-refractivity contribution is -0.118. The van der Waals surface area contributed by atoms with Crippen LogP contribution in [0, 0.1) is 11.3 Å². The minimum atomic E-state index is -0.208. The average molecular weight is 388 g/mol. The summed E-state index contributed by atoms with van der Waals surface area (Å²) in [6.45, 7) is 8.40. The van der Waals surface area contributed by atoms with Crippen LogP contribution in [0.15, 0.2) is 18.2 Å². The van der Waals surface area contributed by atoms with Gasteiger partial charge < -0.3 is 16.0 Å². The fourth-order valence-electron chi connectivity index (χ4n) is 2.66. The van der Waals surface area contributed by atoms with E-state index in [2.05, 4.69) is 22.9 Å². The molecule has 1 saturated heterocycles. The molecule has 2 amide bonds. The van der Waals surface area contributed by atoms with Crippen molar-refractivity contribution in [2.24, 2.45) is 11.3 Å². The maximum atomic E-state index is 12.5. The average Bonchev–Trinajstić information content (AvgIpc) is 2.55. The number of benzene rings is 1. The van der Waals surface area contributed by atoms with E-state index < -0.39 is 0 Å². The van der Waals surface area contributed by atoms with E-state index in [0.717, 1.165) is 25.9 Å². The molecule has 1 aromatic rings. The summed E-state index contributed by atoms with van der Waals surface area (Å²) < 4.78 is 0. The molecule has 0 saturated carbocycles. The number of amides is 2. The van der Waals surface area contributed by atoms with Crippen LogP contribution in [-0.4, -0.2) is 31.4 Å². The quantitative estimate of drug-likeness (QED) is 0.723. The van der Waals surface area contributed by atoms with Crippen molar-refractivity contribution in [3.05, 3.63) is 28.8 Å². The first-order chi connectivity index (χ1) is 11.3. The van der Waals surface area contributed by atoms with Gasteiger partial charge in [-0.05, 0) is 49.5 Å². The third kappa shape index (κ3) is 6.17. The van der Waals surface area contributed by atoms with Crippen molar-refractivity contribution in [1.29, 1.82) is 0 Å². The molecule has 1 aromatic carbocycles. The van der Waals surface area contributed by atoms with E-state index in [9.17, 15) is 9.59 Å². The van der Waals surface area contributed by atoms with Crippen LogP contribution in [0.25, 0.3) is 0 Å². The van der Waals surface area contributed by atoms with Crippen molar-refractivity contribution in [3.8, 4) is 0 Å². The van der Waals surface area contributed by atoms with Gasteiger partial charge in [0.2, 0.25) is 5.91 Å². The molecule has 0 aliphatic carbocycles. The van der Waals surface area contributed by atoms with Gasteiger partial charge in [-0.1, -0.05) is 32.4 Å². The summed E-state index contributed by atoms with van der Waals surface area (Å²) in [6, 6.07) is 4.97. The second-order valence-electron chi connectivity index (χ2n) is 7.08. The summed E-state index contributed by atoms with van der Waals surface area (Å²) in [5, 5.41) is 9.49. The number of hydrogen-bond acceptors (Lipinski definition) is 3. The summed E-state index contributed by atoms with van der Waals surface area (Å²) in [7, 11) is 0. The standard InChI is InChI=1S/C18H26ClN3O2.ClH/c1-12(2)16(23)22-13-4-5-15(19)14(10-13)17(24)21-11-18(3)6-8-20-9-7-18;/h4-5,10,12,20H,6-9,11H2,1-3H3,(H,21,24)(H,22,23);1H. The molecule has 0 aromatic heterocycles. The van der Waals surface area contributed by atoms with Crippen molar-refractivity contribution in [3.63, 3.8) is 0 Å². The number of anilines is 1. The van der Waals surface area contributed by atoms with Crippen LogP contribution < -0.4 is 16.0 Å². The van der Waals surface area contributed by atoms with E-state index in [1.807, 2.05) is 13.8 Å². The number of carbonyl (C=O) groups excluding carboxylic acids is 2. The van der Waals surface area contributed by atoms with Crippen LogP contribution in [0.5, 0.6) is 0 Å². The summed E-state index contributed by atoms with van der Waals surface area (Å²) in [4.78, 5) is 24.3. The minimum absolute atomic E-state index is 0. The Kier molecular flexibility index (Phi) is 8.19. The Hall–Kier alpha value is -1.30. The predicted octanol–water partition coefficient (Wildman–Crippen LogP) is 3.48. The Balaban J connectivity index is 0.00000312. The Morgan fingerprint density at radius 1 is 1.28 bits per heavy atom. The molecule has 2 rings (SSSR count). The van der Waals surface area contributed by atoms with Gasteiger partial charge in [0.05, 0.1) is 10.6 Å². The van der Waals surface area contributed by atoms with Gasteiger partial charge in [-0.3, -0.25) is 9.59 Å². The molecule has 0 bridgehead atoms. The van der Waals surface area contributed by atoms with Gasteiger partial charge in [0.1, 0.15) is 0 Å². The molecule has 1 aliphatic rings. The van der Waals surface area contributed by atoms with Crippen LogP contribution in [0.1, 0.15) is 44.0 Å². The Morgan fingerprint density at radius 3 is 2.52 bits per heavy atom. The third-order valence-electron chi connectivity index (χ3n) is 4.49. The van der Waals surface area contributed by atoms with Gasteiger partial charge in [-0.15, -0.1) is 12.4 Å². The first-order valence-corrected chi connectivity index (χ1v) is 8.78. The van der Waals surface area contributed by atoms with Gasteiger partial charge in [0.15, 0.2) is 0 Å². The molecule has 140 valence electrons. The largest absolute Gasteiger partial charge is 0.351 e. The van der Waals surface area contributed by atoms with Gasteiger partial charge in [-0.2, -0.15) is 0 Å². The summed E-state index contributed by atoms with van der Waals surface area (Å²) in [5.41, 5.74) is 1.07. The first kappa shape index (κ1) is 21.7. The van der Waals surface area contributed by atoms with Gasteiger partial charge in [-0.25, -0.2) is 0 Å². The molecule has 1 aliphatic heterocycles. The van der Waals surface area contributed by atoms with Crippen LogP contribution in [-0.2, 0) is 4.79 Å². The number of nitrogens with one attached hydrogen (secondary N) is 3. The highest BCUT2D eigenvalue weighted by atomic mass is 35.5. The third-order valence-corrected chi connectivity index (χ3v) is 4.82. The maximum Gasteiger partial charge on any atom is 0.252 e. The normalized spacial score (nSPS) is 16.0. The molecule has 5 nitrogen and oxygen atoms in total. The summed E-state index contributed by atoms with van der Waals surface area (Å²) >= 11 is 6.16. The first-order valence-electron chi connectivity index (χ1n) is 8.40. The van der Waals surface area contributed by atoms with Crippen LogP contribution in [0.3, 0.4) is 0 Å². The number of halogens is 2. The maximum absolute atomic E-state index is 12.5. The SMILES string of the molecule is CC(C)C(=O)Nc1ccc(Cl)c(C(=O)NCC2(C)CCNCC2)c1.Cl. The molecule has 0 radical (unpaired) electrons. The highest BCUT2D eigenvalue weighted by Gasteiger charge is 2.27. The molecule has 7 heteroatoms. The van der Waals surface area contributed by atoms with E-state index in [1.165, 1.54) is 0 Å². The molecule has 0 spiro atoms. The highest BCUT2D eigenvalue weighted by molar-refractivity contribution is 6.34. The lowest BCUT2D eigenvalue weighted by Gasteiger charge is -2.34. The predicted molar refractivity (Wildman–Crippen MR) is 105 cm³/mol. The zero-order valence-electron chi connectivity index (χ0n) is 14.9. The minimum Gasteiger partial charge on any atom is -0.351 e. The summed E-state index contributed by atoms with van der Waals surface area (Å²) in [5.74, 6) is -0.427. The summed E-state index contributed by atoms with van der Waals surface area (Å²) in [6.07, 6.45) is 2.07. The molecule has 0 atom stereocenters. The van der Waals surface area contributed by atoms with E-state index in [1.54, 1.807) is 18.2 Å². The molecular weight excluding hydrogens is 361 g/mol. The van der Waals surface area contributed by atoms with Crippen LogP contribution in [0.4, 0.5) is 5.69 Å². The lowest BCUT2D eigenvalue weighted by Crippen LogP contribution is -2.42. The Morgan fingerprint density at radius 2 is 1.92 bits per heavy atom. The molecule has 0 unspecified atom stereocenters. The number of carbonyl (C=O) groups is 2. The molecule has 1 fully saturated rings. The van der Waals surface area contributed by atoms with E-state index in [-0.39, 0.29) is 35.6 Å². The number of hydrogen-bond donors (Lipinski definition) is 3. The van der Waals surface area contributed by atoms with Gasteiger partial charge in [0, 0.05) is 18.2 Å². The van der Waals surface area contributed by atoms with Crippen molar-refractivity contribution < 1.29 is 9.59 Å². The van der Waals surface area contributed by atoms with Gasteiger partial charge >= 0.3 is 0 Å².